The first-order valence-corrected chi connectivity index (χ1v) is 5.19. The molecule has 0 radical (unpaired) electrons. The summed E-state index contributed by atoms with van der Waals surface area (Å²) in [6, 6.07) is 7.37. The molecule has 0 bridgehead atoms. The zero-order valence-corrected chi connectivity index (χ0v) is 8.92. The zero-order chi connectivity index (χ0) is 10.9. The fourth-order valence-corrected chi connectivity index (χ4v) is 2.03. The van der Waals surface area contributed by atoms with Crippen LogP contribution in [0.15, 0.2) is 24.3 Å². The Morgan fingerprint density at radius 1 is 1.53 bits per heavy atom. The lowest BCUT2D eigenvalue weighted by molar-refractivity contribution is -0.152. The molecule has 0 spiro atoms. The molecule has 1 aromatic rings. The Morgan fingerprint density at radius 2 is 2.27 bits per heavy atom. The second kappa shape index (κ2) is 3.83. The van der Waals surface area contributed by atoms with Gasteiger partial charge in [0.2, 0.25) is 0 Å². The van der Waals surface area contributed by atoms with Crippen LogP contribution in [0.2, 0.25) is 5.02 Å². The van der Waals surface area contributed by atoms with Crippen molar-refractivity contribution in [1.29, 1.82) is 0 Å². The molecule has 0 saturated carbocycles. The molecule has 3 nitrogen and oxygen atoms in total. The maximum Gasteiger partial charge on any atom is 0.312 e. The molecule has 2 N–H and O–H groups in total. The molecule has 15 heavy (non-hydrogen) atoms. The molecule has 0 amide bonds. The quantitative estimate of drug-likeness (QED) is 0.821. The Balaban J connectivity index is 2.17. The van der Waals surface area contributed by atoms with E-state index in [1.807, 2.05) is 18.2 Å². The summed E-state index contributed by atoms with van der Waals surface area (Å²) in [4.78, 5) is 11.1. The van der Waals surface area contributed by atoms with Crippen molar-refractivity contribution in [2.75, 3.05) is 13.1 Å². The largest absolute Gasteiger partial charge is 0.481 e. The van der Waals surface area contributed by atoms with E-state index >= 15 is 0 Å². The van der Waals surface area contributed by atoms with Gasteiger partial charge < -0.3 is 10.4 Å². The van der Waals surface area contributed by atoms with Gasteiger partial charge in [0.1, 0.15) is 0 Å². The molecule has 0 aromatic heterocycles. The highest BCUT2D eigenvalue weighted by Gasteiger charge is 2.44. The van der Waals surface area contributed by atoms with Crippen molar-refractivity contribution in [3.05, 3.63) is 34.9 Å². The molecule has 1 heterocycles. The number of aliphatic carboxylic acids is 1. The van der Waals surface area contributed by atoms with E-state index in [1.165, 1.54) is 0 Å². The van der Waals surface area contributed by atoms with Crippen LogP contribution >= 0.6 is 11.6 Å². The molecule has 2 rings (SSSR count). The third-order valence-electron chi connectivity index (χ3n) is 2.81. The molecule has 0 unspecified atom stereocenters. The van der Waals surface area contributed by atoms with Crippen molar-refractivity contribution < 1.29 is 9.90 Å². The number of rotatable bonds is 3. The summed E-state index contributed by atoms with van der Waals surface area (Å²) >= 11 is 5.85. The second-order valence-corrected chi connectivity index (χ2v) is 4.43. The molecule has 0 atom stereocenters. The lowest BCUT2D eigenvalue weighted by Gasteiger charge is -2.38. The van der Waals surface area contributed by atoms with Gasteiger partial charge in [0.15, 0.2) is 0 Å². The summed E-state index contributed by atoms with van der Waals surface area (Å²) < 4.78 is 0. The van der Waals surface area contributed by atoms with Crippen LogP contribution in [-0.4, -0.2) is 24.2 Å². The first-order chi connectivity index (χ1) is 7.12. The van der Waals surface area contributed by atoms with Crippen molar-refractivity contribution >= 4 is 17.6 Å². The smallest absolute Gasteiger partial charge is 0.312 e. The average Bonchev–Trinajstić information content (AvgIpc) is 2.11. The summed E-state index contributed by atoms with van der Waals surface area (Å²) in [7, 11) is 0. The van der Waals surface area contributed by atoms with Gasteiger partial charge in [-0.2, -0.15) is 0 Å². The molecule has 1 saturated heterocycles. The van der Waals surface area contributed by atoms with Crippen LogP contribution in [0.4, 0.5) is 0 Å². The number of benzene rings is 1. The normalized spacial score (nSPS) is 18.2. The van der Waals surface area contributed by atoms with Crippen molar-refractivity contribution in [3.63, 3.8) is 0 Å². The maximum atomic E-state index is 11.1. The molecule has 0 aliphatic carbocycles. The summed E-state index contributed by atoms with van der Waals surface area (Å²) in [5, 5.41) is 12.8. The standard InChI is InChI=1S/C11H12ClNO2/c12-9-3-1-2-8(4-9)5-11(10(14)15)6-13-7-11/h1-4,13H,5-7H2,(H,14,15). The summed E-state index contributed by atoms with van der Waals surface area (Å²) in [5.74, 6) is -0.735. The van der Waals surface area contributed by atoms with Gasteiger partial charge in [-0.25, -0.2) is 0 Å². The van der Waals surface area contributed by atoms with Crippen LogP contribution in [0.3, 0.4) is 0 Å². The highest BCUT2D eigenvalue weighted by atomic mass is 35.5. The second-order valence-electron chi connectivity index (χ2n) is 4.00. The van der Waals surface area contributed by atoms with Crippen LogP contribution in [0.5, 0.6) is 0 Å². The highest BCUT2D eigenvalue weighted by Crippen LogP contribution is 2.28. The van der Waals surface area contributed by atoms with Gasteiger partial charge in [0, 0.05) is 18.1 Å². The number of hydrogen-bond acceptors (Lipinski definition) is 2. The highest BCUT2D eigenvalue weighted by molar-refractivity contribution is 6.30. The zero-order valence-electron chi connectivity index (χ0n) is 8.16. The summed E-state index contributed by atoms with van der Waals surface area (Å²) in [5.41, 5.74) is 0.344. The van der Waals surface area contributed by atoms with E-state index in [0.29, 0.717) is 24.5 Å². The third kappa shape index (κ3) is 1.98. The predicted octanol–water partition coefficient (Wildman–Crippen LogP) is 1.56. The van der Waals surface area contributed by atoms with Gasteiger partial charge in [-0.1, -0.05) is 23.7 Å². The lowest BCUT2D eigenvalue weighted by atomic mass is 9.76. The van der Waals surface area contributed by atoms with Crippen molar-refractivity contribution in [2.45, 2.75) is 6.42 Å². The fraction of sp³-hybridized carbons (Fsp3) is 0.364. The molecular weight excluding hydrogens is 214 g/mol. The maximum absolute atomic E-state index is 11.1. The van der Waals surface area contributed by atoms with Crippen LogP contribution in [0.1, 0.15) is 5.56 Å². The number of hydrogen-bond donors (Lipinski definition) is 2. The van der Waals surface area contributed by atoms with E-state index in [-0.39, 0.29) is 0 Å². The Morgan fingerprint density at radius 3 is 2.73 bits per heavy atom. The molecule has 4 heteroatoms. The molecule has 1 aromatic carbocycles. The predicted molar refractivity (Wildman–Crippen MR) is 58.1 cm³/mol. The van der Waals surface area contributed by atoms with Gasteiger partial charge in [-0.15, -0.1) is 0 Å². The summed E-state index contributed by atoms with van der Waals surface area (Å²) in [6.45, 7) is 1.07. The minimum absolute atomic E-state index is 0.537. The van der Waals surface area contributed by atoms with E-state index in [9.17, 15) is 4.79 Å². The molecular formula is C11H12ClNO2. The van der Waals surface area contributed by atoms with Gasteiger partial charge >= 0.3 is 5.97 Å². The topological polar surface area (TPSA) is 49.3 Å². The minimum Gasteiger partial charge on any atom is -0.481 e. The van der Waals surface area contributed by atoms with Crippen LogP contribution in [0.25, 0.3) is 0 Å². The SMILES string of the molecule is O=C(O)C1(Cc2cccc(Cl)c2)CNC1. The fourth-order valence-electron chi connectivity index (χ4n) is 1.82. The Kier molecular flexibility index (Phi) is 2.67. The van der Waals surface area contributed by atoms with Gasteiger partial charge in [0.05, 0.1) is 5.41 Å². The van der Waals surface area contributed by atoms with E-state index < -0.39 is 11.4 Å². The van der Waals surface area contributed by atoms with Gasteiger partial charge in [-0.3, -0.25) is 4.79 Å². The molecule has 1 aliphatic rings. The lowest BCUT2D eigenvalue weighted by Crippen LogP contribution is -2.59. The Bertz CT molecular complexity index is 388. The van der Waals surface area contributed by atoms with Crippen LogP contribution < -0.4 is 5.32 Å². The van der Waals surface area contributed by atoms with Crippen LogP contribution in [0, 0.1) is 5.41 Å². The number of carboxylic acids is 1. The van der Waals surface area contributed by atoms with Crippen molar-refractivity contribution in [2.24, 2.45) is 5.41 Å². The first kappa shape index (κ1) is 10.5. The average molecular weight is 226 g/mol. The molecule has 80 valence electrons. The third-order valence-corrected chi connectivity index (χ3v) is 3.05. The van der Waals surface area contributed by atoms with Crippen molar-refractivity contribution in [3.8, 4) is 0 Å². The number of carboxylic acid groups (broad SMARTS) is 1. The first-order valence-electron chi connectivity index (χ1n) is 4.81. The van der Waals surface area contributed by atoms with E-state index in [2.05, 4.69) is 5.32 Å². The molecule has 1 fully saturated rings. The monoisotopic (exact) mass is 225 g/mol. The minimum atomic E-state index is -0.735. The van der Waals surface area contributed by atoms with E-state index in [4.69, 9.17) is 16.7 Å². The summed E-state index contributed by atoms with van der Waals surface area (Å²) in [6.07, 6.45) is 0.538. The number of nitrogens with one attached hydrogen (secondary N) is 1. The number of halogens is 1. The Labute approximate surface area is 93.1 Å². The Hall–Kier alpha value is -1.06. The molecule has 1 aliphatic heterocycles. The van der Waals surface area contributed by atoms with Gasteiger partial charge in [0.25, 0.3) is 0 Å². The van der Waals surface area contributed by atoms with E-state index in [0.717, 1.165) is 5.56 Å². The van der Waals surface area contributed by atoms with Crippen molar-refractivity contribution in [1.82, 2.24) is 5.32 Å². The van der Waals surface area contributed by atoms with E-state index in [1.54, 1.807) is 6.07 Å². The number of carbonyl (C=O) groups is 1. The van der Waals surface area contributed by atoms with Gasteiger partial charge in [-0.05, 0) is 24.1 Å². The van der Waals surface area contributed by atoms with Crippen LogP contribution in [-0.2, 0) is 11.2 Å².